The van der Waals surface area contributed by atoms with Gasteiger partial charge in [-0.2, -0.15) is 0 Å². The van der Waals surface area contributed by atoms with Crippen LogP contribution < -0.4 is 0 Å². The van der Waals surface area contributed by atoms with Crippen LogP contribution in [0.5, 0.6) is 0 Å². The number of morpholine rings is 1. The molecule has 2 fully saturated rings. The lowest BCUT2D eigenvalue weighted by Crippen LogP contribution is -2.45. The monoisotopic (exact) mass is 427 g/mol. The SMILES string of the molecule is CCC(CC(=O)N1CCOCC1)C1OC(=O)C(C(c2ccccc2)C2CC2)=C(O)C1=O. The van der Waals surface area contributed by atoms with Gasteiger partial charge in [-0.3, -0.25) is 9.59 Å². The average Bonchev–Trinajstić information content (AvgIpc) is 3.63. The molecule has 1 aliphatic carbocycles. The fraction of sp³-hybridized carbons (Fsp3) is 0.542. The van der Waals surface area contributed by atoms with Crippen molar-refractivity contribution in [2.45, 2.75) is 44.6 Å². The van der Waals surface area contributed by atoms with Gasteiger partial charge in [0, 0.05) is 31.3 Å². The molecule has 0 spiro atoms. The number of aliphatic hydroxyl groups excluding tert-OH is 1. The number of amides is 1. The zero-order valence-electron chi connectivity index (χ0n) is 17.8. The highest BCUT2D eigenvalue weighted by Gasteiger charge is 2.47. The summed E-state index contributed by atoms with van der Waals surface area (Å²) in [5.74, 6) is -2.47. The number of carbonyl (C=O) groups excluding carboxylic acids is 3. The zero-order chi connectivity index (χ0) is 22.0. The Balaban J connectivity index is 1.56. The van der Waals surface area contributed by atoms with Crippen molar-refractivity contribution in [1.29, 1.82) is 0 Å². The molecule has 3 aliphatic rings. The van der Waals surface area contributed by atoms with E-state index >= 15 is 0 Å². The van der Waals surface area contributed by atoms with Gasteiger partial charge in [-0.1, -0.05) is 37.3 Å². The van der Waals surface area contributed by atoms with E-state index in [1.165, 1.54) is 0 Å². The van der Waals surface area contributed by atoms with Gasteiger partial charge in [-0.15, -0.1) is 0 Å². The average molecular weight is 427 g/mol. The molecule has 4 rings (SSSR count). The molecule has 3 unspecified atom stereocenters. The molecule has 31 heavy (non-hydrogen) atoms. The Labute approximate surface area is 182 Å². The Morgan fingerprint density at radius 2 is 1.84 bits per heavy atom. The molecule has 1 N–H and O–H groups in total. The minimum absolute atomic E-state index is 0.0595. The van der Waals surface area contributed by atoms with Crippen molar-refractivity contribution >= 4 is 17.7 Å². The second-order valence-electron chi connectivity index (χ2n) is 8.54. The summed E-state index contributed by atoms with van der Waals surface area (Å²) in [4.78, 5) is 40.5. The molecule has 0 radical (unpaired) electrons. The number of Topliss-reactive ketones (excluding diaryl/α,β-unsaturated/α-hetero) is 1. The van der Waals surface area contributed by atoms with Crippen molar-refractivity contribution in [3.63, 3.8) is 0 Å². The number of benzene rings is 1. The standard InChI is InChI=1S/C24H29NO6/c1-2-15(14-18(26)25-10-12-30-13-11-25)23-22(28)21(27)20(24(29)31-23)19(17-8-9-17)16-6-4-3-5-7-16/h3-7,15,17,19,23,27H,2,8-14H2,1H3. The van der Waals surface area contributed by atoms with Crippen LogP contribution in [0.15, 0.2) is 41.7 Å². The lowest BCUT2D eigenvalue weighted by Gasteiger charge is -2.33. The summed E-state index contributed by atoms with van der Waals surface area (Å²) in [5.41, 5.74) is 0.952. The highest BCUT2D eigenvalue weighted by Crippen LogP contribution is 2.48. The van der Waals surface area contributed by atoms with E-state index in [1.807, 2.05) is 37.3 Å². The number of aliphatic hydroxyl groups is 1. The molecule has 1 amide bonds. The summed E-state index contributed by atoms with van der Waals surface area (Å²) >= 11 is 0. The van der Waals surface area contributed by atoms with E-state index in [2.05, 4.69) is 0 Å². The Kier molecular flexibility index (Phi) is 6.41. The highest BCUT2D eigenvalue weighted by atomic mass is 16.6. The summed E-state index contributed by atoms with van der Waals surface area (Å²) < 4.78 is 10.9. The second kappa shape index (κ2) is 9.22. The van der Waals surface area contributed by atoms with Crippen LogP contribution in [0.1, 0.15) is 44.1 Å². The molecule has 1 aromatic rings. The zero-order valence-corrected chi connectivity index (χ0v) is 17.8. The topological polar surface area (TPSA) is 93.1 Å². The maximum absolute atomic E-state index is 13.1. The van der Waals surface area contributed by atoms with Crippen molar-refractivity contribution in [1.82, 2.24) is 4.90 Å². The molecular weight excluding hydrogens is 398 g/mol. The van der Waals surface area contributed by atoms with Gasteiger partial charge < -0.3 is 19.5 Å². The number of hydrogen-bond acceptors (Lipinski definition) is 6. The number of cyclic esters (lactones) is 1. The molecule has 3 atom stereocenters. The second-order valence-corrected chi connectivity index (χ2v) is 8.54. The molecular formula is C24H29NO6. The lowest BCUT2D eigenvalue weighted by molar-refractivity contribution is -0.159. The quantitative estimate of drug-likeness (QED) is 0.673. The van der Waals surface area contributed by atoms with Crippen molar-refractivity contribution < 1.29 is 29.0 Å². The van der Waals surface area contributed by atoms with Crippen LogP contribution in [0.3, 0.4) is 0 Å². The van der Waals surface area contributed by atoms with Gasteiger partial charge in [0.25, 0.3) is 0 Å². The Morgan fingerprint density at radius 3 is 2.45 bits per heavy atom. The van der Waals surface area contributed by atoms with Gasteiger partial charge in [-0.25, -0.2) is 4.79 Å². The third kappa shape index (κ3) is 4.51. The van der Waals surface area contributed by atoms with Crippen LogP contribution in [0.25, 0.3) is 0 Å². The van der Waals surface area contributed by atoms with Gasteiger partial charge in [0.1, 0.15) is 0 Å². The molecule has 1 aromatic carbocycles. The molecule has 0 bridgehead atoms. The van der Waals surface area contributed by atoms with Crippen molar-refractivity contribution in [2.24, 2.45) is 11.8 Å². The Bertz CT molecular complexity index is 869. The summed E-state index contributed by atoms with van der Waals surface area (Å²) in [6.07, 6.45) is 1.31. The number of carbonyl (C=O) groups is 3. The van der Waals surface area contributed by atoms with E-state index in [0.29, 0.717) is 32.7 Å². The molecule has 1 saturated carbocycles. The van der Waals surface area contributed by atoms with E-state index < -0.39 is 29.5 Å². The highest BCUT2D eigenvalue weighted by molar-refractivity contribution is 6.09. The summed E-state index contributed by atoms with van der Waals surface area (Å²) in [5, 5.41) is 10.8. The van der Waals surface area contributed by atoms with Gasteiger partial charge in [0.05, 0.1) is 18.8 Å². The lowest BCUT2D eigenvalue weighted by atomic mass is 9.82. The first kappa shape index (κ1) is 21.6. The molecule has 7 nitrogen and oxygen atoms in total. The van der Waals surface area contributed by atoms with Crippen LogP contribution in [-0.4, -0.2) is 60.1 Å². The minimum atomic E-state index is -1.14. The number of ketones is 1. The molecule has 1 saturated heterocycles. The van der Waals surface area contributed by atoms with E-state index in [9.17, 15) is 19.5 Å². The van der Waals surface area contributed by atoms with Gasteiger partial charge in [0.2, 0.25) is 11.7 Å². The maximum atomic E-state index is 13.1. The van der Waals surface area contributed by atoms with Crippen molar-refractivity contribution in [3.8, 4) is 0 Å². The van der Waals surface area contributed by atoms with E-state index in [-0.39, 0.29) is 29.7 Å². The van der Waals surface area contributed by atoms with Crippen LogP contribution in [0.4, 0.5) is 0 Å². The number of ether oxygens (including phenoxy) is 2. The van der Waals surface area contributed by atoms with Crippen LogP contribution in [-0.2, 0) is 23.9 Å². The summed E-state index contributed by atoms with van der Waals surface area (Å²) in [6, 6.07) is 9.46. The smallest absolute Gasteiger partial charge is 0.339 e. The van der Waals surface area contributed by atoms with Crippen LogP contribution in [0.2, 0.25) is 0 Å². The first-order chi connectivity index (χ1) is 15.0. The summed E-state index contributed by atoms with van der Waals surface area (Å²) in [6.45, 7) is 3.88. The van der Waals surface area contributed by atoms with E-state index in [1.54, 1.807) is 4.90 Å². The molecule has 0 aromatic heterocycles. The number of rotatable bonds is 7. The fourth-order valence-electron chi connectivity index (χ4n) is 4.58. The van der Waals surface area contributed by atoms with Gasteiger partial charge in [0.15, 0.2) is 11.9 Å². The third-order valence-corrected chi connectivity index (χ3v) is 6.52. The predicted molar refractivity (Wildman–Crippen MR) is 112 cm³/mol. The van der Waals surface area contributed by atoms with Crippen LogP contribution in [0, 0.1) is 11.8 Å². The van der Waals surface area contributed by atoms with Crippen molar-refractivity contribution in [3.05, 3.63) is 47.2 Å². The van der Waals surface area contributed by atoms with Gasteiger partial charge >= 0.3 is 5.97 Å². The molecule has 2 aliphatic heterocycles. The minimum Gasteiger partial charge on any atom is -0.504 e. The molecule has 7 heteroatoms. The Morgan fingerprint density at radius 1 is 1.16 bits per heavy atom. The van der Waals surface area contributed by atoms with Crippen LogP contribution >= 0.6 is 0 Å². The van der Waals surface area contributed by atoms with E-state index in [0.717, 1.165) is 18.4 Å². The number of nitrogens with zero attached hydrogens (tertiary/aromatic N) is 1. The predicted octanol–water partition coefficient (Wildman–Crippen LogP) is 2.76. The third-order valence-electron chi connectivity index (χ3n) is 6.52. The molecule has 166 valence electrons. The Hall–Kier alpha value is -2.67. The number of hydrogen-bond donors (Lipinski definition) is 1. The van der Waals surface area contributed by atoms with E-state index in [4.69, 9.17) is 9.47 Å². The normalized spacial score (nSPS) is 24.0. The summed E-state index contributed by atoms with van der Waals surface area (Å²) in [7, 11) is 0. The fourth-order valence-corrected chi connectivity index (χ4v) is 4.58. The largest absolute Gasteiger partial charge is 0.504 e. The first-order valence-electron chi connectivity index (χ1n) is 11.1. The van der Waals surface area contributed by atoms with Gasteiger partial charge in [-0.05, 0) is 30.7 Å². The maximum Gasteiger partial charge on any atom is 0.339 e. The first-order valence-corrected chi connectivity index (χ1v) is 11.1. The number of esters is 1. The van der Waals surface area contributed by atoms with Crippen molar-refractivity contribution in [2.75, 3.05) is 26.3 Å². The molecule has 2 heterocycles.